The molecule has 6 aliphatic carbocycles. The van der Waals surface area contributed by atoms with E-state index in [0.717, 1.165) is 37.0 Å². The van der Waals surface area contributed by atoms with Crippen molar-refractivity contribution in [1.29, 1.82) is 0 Å². The maximum absolute atomic E-state index is 12.9. The van der Waals surface area contributed by atoms with E-state index in [1.165, 1.54) is 51.9 Å². The molecule has 0 amide bonds. The molecule has 0 bridgehead atoms. The number of carbonyl (C=O) groups excluding carboxylic acids is 1. The third-order valence-corrected chi connectivity index (χ3v) is 14.5. The number of ketones is 1. The first-order valence-electron chi connectivity index (χ1n) is 18.1. The molecule has 13 unspecified atom stereocenters. The Bertz CT molecular complexity index is 1010. The lowest BCUT2D eigenvalue weighted by atomic mass is 9.48. The molecule has 16 atom stereocenters. The van der Waals surface area contributed by atoms with Gasteiger partial charge in [0.15, 0.2) is 0 Å². The number of hydrogen-bond donors (Lipinski definition) is 6. The van der Waals surface area contributed by atoms with E-state index in [2.05, 4.69) is 25.9 Å². The lowest BCUT2D eigenvalue weighted by molar-refractivity contribution is -0.278. The van der Waals surface area contributed by atoms with Crippen LogP contribution in [-0.2, 0) is 4.79 Å². The molecule has 8 nitrogen and oxygen atoms in total. The first-order chi connectivity index (χ1) is 20.8. The van der Waals surface area contributed by atoms with Crippen LogP contribution < -0.4 is 0 Å². The van der Waals surface area contributed by atoms with Crippen molar-refractivity contribution in [3.8, 4) is 0 Å². The number of carbonyl (C=O) groups is 1. The van der Waals surface area contributed by atoms with Gasteiger partial charge in [0, 0.05) is 24.3 Å². The molecule has 0 aromatic rings. The van der Waals surface area contributed by atoms with E-state index in [1.54, 1.807) is 0 Å². The van der Waals surface area contributed by atoms with Crippen molar-refractivity contribution in [2.45, 2.75) is 139 Å². The van der Waals surface area contributed by atoms with Crippen molar-refractivity contribution < 1.29 is 35.4 Å². The van der Waals surface area contributed by atoms with Gasteiger partial charge in [-0.25, -0.2) is 0 Å². The average Bonchev–Trinajstić information content (AvgIpc) is 3.43. The van der Waals surface area contributed by atoms with E-state index in [4.69, 9.17) is 0 Å². The zero-order valence-corrected chi connectivity index (χ0v) is 27.5. The van der Waals surface area contributed by atoms with Crippen LogP contribution in [0.15, 0.2) is 0 Å². The van der Waals surface area contributed by atoms with Crippen molar-refractivity contribution in [1.82, 2.24) is 4.90 Å². The van der Waals surface area contributed by atoms with Gasteiger partial charge in [-0.1, -0.05) is 32.6 Å². The van der Waals surface area contributed by atoms with E-state index in [1.807, 2.05) is 0 Å². The van der Waals surface area contributed by atoms with Crippen molar-refractivity contribution in [2.24, 2.45) is 65.1 Å². The molecular weight excluding hydrogens is 558 g/mol. The Hall–Kier alpha value is -0.610. The van der Waals surface area contributed by atoms with Crippen LogP contribution >= 0.6 is 0 Å². The highest BCUT2D eigenvalue weighted by Crippen LogP contribution is 2.58. The minimum atomic E-state index is -1.99. The molecule has 6 aliphatic rings. The standard InChI is InChI=1S/C36H61NO7/c1-18-5-9-21(10-6-18)22-11-7-20(13-22)8-12-23-16-27(37(3)4)26-15-24-14-25-17-28(39)29(19(2)38)34(42)36(25,44)35(43)30(24)33(41)31(26)32(23)40/h18-27,29-35,38,40-44H,5-17H2,1-4H3/t18?,19?,20?,21?,22?,23?,24-,25+,26?,27?,29?,30?,31?,32?,33?,34?,35?,36-/m1/s1. The largest absolute Gasteiger partial charge is 0.393 e. The van der Waals surface area contributed by atoms with Crippen molar-refractivity contribution in [2.75, 3.05) is 14.1 Å². The number of Topliss-reactive ketones (excluding diaryl/α,β-unsaturated/α-hetero) is 1. The third-order valence-electron chi connectivity index (χ3n) is 14.5. The van der Waals surface area contributed by atoms with E-state index in [9.17, 15) is 35.4 Å². The zero-order chi connectivity index (χ0) is 31.7. The predicted octanol–water partition coefficient (Wildman–Crippen LogP) is 2.99. The van der Waals surface area contributed by atoms with Crippen LogP contribution in [0.2, 0.25) is 0 Å². The van der Waals surface area contributed by atoms with Crippen LogP contribution in [-0.4, -0.2) is 97.6 Å². The zero-order valence-electron chi connectivity index (χ0n) is 27.5. The van der Waals surface area contributed by atoms with Gasteiger partial charge in [0.2, 0.25) is 0 Å². The molecule has 252 valence electrons. The van der Waals surface area contributed by atoms with Gasteiger partial charge in [0.1, 0.15) is 11.4 Å². The second-order valence-electron chi connectivity index (χ2n) is 17.0. The highest BCUT2D eigenvalue weighted by atomic mass is 16.4. The van der Waals surface area contributed by atoms with Crippen LogP contribution in [0.3, 0.4) is 0 Å². The van der Waals surface area contributed by atoms with E-state index < -0.39 is 59.8 Å². The fourth-order valence-electron chi connectivity index (χ4n) is 12.0. The molecule has 0 aliphatic heterocycles. The third kappa shape index (κ3) is 5.64. The Morgan fingerprint density at radius 3 is 2.16 bits per heavy atom. The summed E-state index contributed by atoms with van der Waals surface area (Å²) in [6.45, 7) is 3.82. The topological polar surface area (TPSA) is 142 Å². The molecule has 0 spiro atoms. The second kappa shape index (κ2) is 12.8. The molecule has 0 saturated heterocycles. The maximum Gasteiger partial charge on any atom is 0.141 e. The van der Waals surface area contributed by atoms with Crippen molar-refractivity contribution >= 4 is 5.78 Å². The van der Waals surface area contributed by atoms with Gasteiger partial charge in [-0.3, -0.25) is 4.79 Å². The minimum absolute atomic E-state index is 0.00268. The smallest absolute Gasteiger partial charge is 0.141 e. The SMILES string of the molecule is CC1CCC(C2CCC(CCC3CC(N(C)C)C4C[C@H]5C[C@H]6CC(=O)C(C(C)O)C(O)[C@@]6(O)C(O)C5C(O)C4C3O)C2)CC1. The summed E-state index contributed by atoms with van der Waals surface area (Å²) >= 11 is 0. The molecule has 6 fully saturated rings. The summed E-state index contributed by atoms with van der Waals surface area (Å²) in [7, 11) is 4.17. The second-order valence-corrected chi connectivity index (χ2v) is 17.0. The Balaban J connectivity index is 1.16. The molecule has 0 aromatic carbocycles. The summed E-state index contributed by atoms with van der Waals surface area (Å²) < 4.78 is 0. The van der Waals surface area contributed by atoms with Crippen LogP contribution in [0, 0.1) is 65.1 Å². The van der Waals surface area contributed by atoms with Gasteiger partial charge in [0.25, 0.3) is 0 Å². The summed E-state index contributed by atoms with van der Waals surface area (Å²) in [4.78, 5) is 15.1. The Morgan fingerprint density at radius 2 is 1.50 bits per heavy atom. The highest BCUT2D eigenvalue weighted by molar-refractivity contribution is 5.84. The molecule has 8 heteroatoms. The summed E-state index contributed by atoms with van der Waals surface area (Å²) in [5.41, 5.74) is -1.99. The molecule has 44 heavy (non-hydrogen) atoms. The normalized spacial score (nSPS) is 53.6. The predicted molar refractivity (Wildman–Crippen MR) is 167 cm³/mol. The monoisotopic (exact) mass is 619 g/mol. The number of aliphatic hydroxyl groups is 6. The lowest BCUT2D eigenvalue weighted by Gasteiger charge is -2.62. The Morgan fingerprint density at radius 1 is 0.818 bits per heavy atom. The van der Waals surface area contributed by atoms with Crippen LogP contribution in [0.4, 0.5) is 0 Å². The van der Waals surface area contributed by atoms with E-state index in [-0.39, 0.29) is 36.0 Å². The van der Waals surface area contributed by atoms with Crippen LogP contribution in [0.25, 0.3) is 0 Å². The quantitative estimate of drug-likeness (QED) is 0.267. The van der Waals surface area contributed by atoms with Crippen LogP contribution in [0.1, 0.15) is 97.3 Å². The molecule has 6 saturated carbocycles. The van der Waals surface area contributed by atoms with Gasteiger partial charge in [0.05, 0.1) is 36.4 Å². The molecular formula is C36H61NO7. The summed E-state index contributed by atoms with van der Waals surface area (Å²) in [6, 6.07) is 0.195. The lowest BCUT2D eigenvalue weighted by Crippen LogP contribution is -2.73. The molecule has 0 aromatic heterocycles. The first-order valence-corrected chi connectivity index (χ1v) is 18.1. The summed E-state index contributed by atoms with van der Waals surface area (Å²) in [5.74, 6) is 0.122. The maximum atomic E-state index is 12.9. The van der Waals surface area contributed by atoms with Gasteiger partial charge in [-0.05, 0) is 120 Å². The average molecular weight is 620 g/mol. The number of fused-ring (bicyclic) bond motifs is 3. The van der Waals surface area contributed by atoms with Crippen molar-refractivity contribution in [3.63, 3.8) is 0 Å². The molecule has 6 N–H and O–H groups in total. The minimum Gasteiger partial charge on any atom is -0.393 e. The molecule has 0 heterocycles. The van der Waals surface area contributed by atoms with Crippen molar-refractivity contribution in [3.05, 3.63) is 0 Å². The van der Waals surface area contributed by atoms with Gasteiger partial charge < -0.3 is 35.5 Å². The van der Waals surface area contributed by atoms with Gasteiger partial charge in [-0.2, -0.15) is 0 Å². The fourth-order valence-corrected chi connectivity index (χ4v) is 12.0. The summed E-state index contributed by atoms with van der Waals surface area (Å²) in [5, 5.41) is 69.0. The Labute approximate surface area is 264 Å². The molecule has 0 radical (unpaired) electrons. The fraction of sp³-hybridized carbons (Fsp3) is 0.972. The number of rotatable bonds is 6. The van der Waals surface area contributed by atoms with E-state index >= 15 is 0 Å². The van der Waals surface area contributed by atoms with Crippen LogP contribution in [0.5, 0.6) is 0 Å². The Kier molecular flexibility index (Phi) is 9.67. The number of nitrogens with zero attached hydrogens (tertiary/aromatic N) is 1. The molecule has 6 rings (SSSR count). The number of hydrogen-bond acceptors (Lipinski definition) is 8. The van der Waals surface area contributed by atoms with Gasteiger partial charge >= 0.3 is 0 Å². The first kappa shape index (κ1) is 33.3. The van der Waals surface area contributed by atoms with E-state index in [0.29, 0.717) is 18.8 Å². The summed E-state index contributed by atoms with van der Waals surface area (Å²) in [6.07, 6.45) is 7.64. The van der Waals surface area contributed by atoms with Gasteiger partial charge in [-0.15, -0.1) is 0 Å². The highest BCUT2D eigenvalue weighted by Gasteiger charge is 2.67. The number of aliphatic hydroxyl groups excluding tert-OH is 5.